The van der Waals surface area contributed by atoms with Gasteiger partial charge in [-0.2, -0.15) is 9.61 Å². The number of rotatable bonds is 6. The van der Waals surface area contributed by atoms with Crippen LogP contribution in [0.25, 0.3) is 4.96 Å². The second-order valence-electron chi connectivity index (χ2n) is 6.32. The van der Waals surface area contributed by atoms with Crippen molar-refractivity contribution in [3.63, 3.8) is 0 Å². The van der Waals surface area contributed by atoms with E-state index in [4.69, 9.17) is 16.3 Å². The molecule has 2 aromatic heterocycles. The molecule has 4 rings (SSSR count). The molecule has 1 aliphatic carbocycles. The number of carbonyl (C=O) groups is 2. The maximum Gasteiger partial charge on any atom is 0.325 e. The molecule has 144 valence electrons. The van der Waals surface area contributed by atoms with E-state index < -0.39 is 11.9 Å². The number of nitrogens with zero attached hydrogens (tertiary/aromatic N) is 3. The van der Waals surface area contributed by atoms with Crippen molar-refractivity contribution in [1.29, 1.82) is 0 Å². The van der Waals surface area contributed by atoms with Crippen LogP contribution >= 0.6 is 22.9 Å². The third-order valence-electron chi connectivity index (χ3n) is 4.13. The maximum atomic E-state index is 12.2. The summed E-state index contributed by atoms with van der Waals surface area (Å²) in [6.45, 7) is -0.485. The van der Waals surface area contributed by atoms with Crippen molar-refractivity contribution in [3.8, 4) is 0 Å². The van der Waals surface area contributed by atoms with E-state index >= 15 is 0 Å². The quantitative estimate of drug-likeness (QED) is 0.615. The standard InChI is InChI=1S/C18H15ClN4O4S/c19-13-4-2-1-3-12(13)16(26)20-8-15(25)27-9-11-7-14(24)23-18(21-11)28-17(22-23)10-5-6-10/h1-4,7,10H,5-6,8-9H2,(H,20,26). The van der Waals surface area contributed by atoms with Crippen molar-refractivity contribution < 1.29 is 14.3 Å². The van der Waals surface area contributed by atoms with Crippen LogP contribution in [0.4, 0.5) is 0 Å². The van der Waals surface area contributed by atoms with Gasteiger partial charge < -0.3 is 10.1 Å². The molecule has 0 spiro atoms. The minimum absolute atomic E-state index is 0.163. The molecular weight excluding hydrogens is 404 g/mol. The number of ether oxygens (including phenoxy) is 1. The van der Waals surface area contributed by atoms with E-state index in [1.54, 1.807) is 24.3 Å². The molecule has 10 heteroatoms. The highest BCUT2D eigenvalue weighted by Gasteiger charge is 2.28. The van der Waals surface area contributed by atoms with Crippen LogP contribution in [-0.2, 0) is 16.1 Å². The fourth-order valence-corrected chi connectivity index (χ4v) is 3.85. The molecule has 0 aliphatic heterocycles. The third kappa shape index (κ3) is 4.05. The lowest BCUT2D eigenvalue weighted by atomic mass is 10.2. The first-order valence-corrected chi connectivity index (χ1v) is 9.79. The molecule has 8 nitrogen and oxygen atoms in total. The highest BCUT2D eigenvalue weighted by Crippen LogP contribution is 2.41. The number of amides is 1. The van der Waals surface area contributed by atoms with Gasteiger partial charge in [0.2, 0.25) is 4.96 Å². The van der Waals surface area contributed by atoms with E-state index in [2.05, 4.69) is 15.4 Å². The number of hydrogen-bond acceptors (Lipinski definition) is 7. The third-order valence-corrected chi connectivity index (χ3v) is 5.53. The summed E-state index contributed by atoms with van der Waals surface area (Å²) in [5.41, 5.74) is 0.293. The second kappa shape index (κ2) is 7.69. The Bertz CT molecular complexity index is 1120. The molecule has 2 heterocycles. The Hall–Kier alpha value is -2.78. The molecule has 1 N–H and O–H groups in total. The number of benzene rings is 1. The van der Waals surface area contributed by atoms with Gasteiger partial charge in [0, 0.05) is 12.0 Å². The first-order valence-electron chi connectivity index (χ1n) is 8.59. The zero-order valence-corrected chi connectivity index (χ0v) is 16.1. The Labute approximate surface area is 168 Å². The fraction of sp³-hybridized carbons (Fsp3) is 0.278. The van der Waals surface area contributed by atoms with Crippen LogP contribution in [0.2, 0.25) is 5.02 Å². The Balaban J connectivity index is 1.35. The van der Waals surface area contributed by atoms with Crippen LogP contribution in [0.3, 0.4) is 0 Å². The van der Waals surface area contributed by atoms with Gasteiger partial charge in [-0.05, 0) is 25.0 Å². The largest absolute Gasteiger partial charge is 0.458 e. The van der Waals surface area contributed by atoms with E-state index in [1.807, 2.05) is 0 Å². The van der Waals surface area contributed by atoms with Gasteiger partial charge in [0.1, 0.15) is 18.2 Å². The van der Waals surface area contributed by atoms with Crippen LogP contribution in [0, 0.1) is 0 Å². The summed E-state index contributed by atoms with van der Waals surface area (Å²) < 4.78 is 6.37. The first kappa shape index (κ1) is 18.6. The summed E-state index contributed by atoms with van der Waals surface area (Å²) >= 11 is 7.32. The van der Waals surface area contributed by atoms with Gasteiger partial charge in [-0.25, -0.2) is 4.98 Å². The van der Waals surface area contributed by atoms with Crippen molar-refractivity contribution >= 4 is 39.8 Å². The number of esters is 1. The molecule has 0 saturated heterocycles. The van der Waals surface area contributed by atoms with Crippen molar-refractivity contribution in [2.24, 2.45) is 0 Å². The monoisotopic (exact) mass is 418 g/mol. The van der Waals surface area contributed by atoms with E-state index in [0.717, 1.165) is 17.8 Å². The SMILES string of the molecule is O=C(CNC(=O)c1ccccc1Cl)OCc1cc(=O)n2nc(C3CC3)sc2n1. The van der Waals surface area contributed by atoms with Gasteiger partial charge in [-0.1, -0.05) is 35.1 Å². The molecule has 0 radical (unpaired) electrons. The Morgan fingerprint density at radius 2 is 2.11 bits per heavy atom. The minimum Gasteiger partial charge on any atom is -0.458 e. The minimum atomic E-state index is -0.648. The molecule has 1 saturated carbocycles. The van der Waals surface area contributed by atoms with Crippen LogP contribution in [0.5, 0.6) is 0 Å². The number of carbonyl (C=O) groups excluding carboxylic acids is 2. The second-order valence-corrected chi connectivity index (χ2v) is 7.71. The van der Waals surface area contributed by atoms with Crippen LogP contribution in [-0.4, -0.2) is 33.0 Å². The normalized spacial score (nSPS) is 13.5. The van der Waals surface area contributed by atoms with Crippen molar-refractivity contribution in [2.45, 2.75) is 25.4 Å². The molecular formula is C18H15ClN4O4S. The molecule has 28 heavy (non-hydrogen) atoms. The predicted molar refractivity (Wildman–Crippen MR) is 103 cm³/mol. The highest BCUT2D eigenvalue weighted by molar-refractivity contribution is 7.16. The molecule has 3 aromatic rings. The van der Waals surface area contributed by atoms with Crippen LogP contribution < -0.4 is 10.9 Å². The molecule has 0 bridgehead atoms. The smallest absolute Gasteiger partial charge is 0.325 e. The first-order chi connectivity index (χ1) is 13.5. The van der Waals surface area contributed by atoms with Crippen molar-refractivity contribution in [3.05, 3.63) is 62.0 Å². The summed E-state index contributed by atoms with van der Waals surface area (Å²) in [6.07, 6.45) is 2.16. The highest BCUT2D eigenvalue weighted by atomic mass is 35.5. The molecule has 0 atom stereocenters. The van der Waals surface area contributed by atoms with E-state index in [-0.39, 0.29) is 24.3 Å². The molecule has 1 aliphatic rings. The van der Waals surface area contributed by atoms with E-state index in [1.165, 1.54) is 21.9 Å². The number of hydrogen-bond donors (Lipinski definition) is 1. The van der Waals surface area contributed by atoms with Crippen molar-refractivity contribution in [2.75, 3.05) is 6.54 Å². The number of fused-ring (bicyclic) bond motifs is 1. The van der Waals surface area contributed by atoms with Gasteiger partial charge in [-0.15, -0.1) is 0 Å². The molecule has 1 amide bonds. The molecule has 1 aromatic carbocycles. The summed E-state index contributed by atoms with van der Waals surface area (Å²) in [7, 11) is 0. The summed E-state index contributed by atoms with van der Waals surface area (Å²) in [6, 6.07) is 7.81. The Morgan fingerprint density at radius 3 is 2.86 bits per heavy atom. The van der Waals surface area contributed by atoms with Gasteiger partial charge in [0.05, 0.1) is 16.3 Å². The molecule has 0 unspecified atom stereocenters. The van der Waals surface area contributed by atoms with Crippen molar-refractivity contribution in [1.82, 2.24) is 19.9 Å². The van der Waals surface area contributed by atoms with Gasteiger partial charge in [0.15, 0.2) is 0 Å². The maximum absolute atomic E-state index is 12.2. The average molecular weight is 419 g/mol. The summed E-state index contributed by atoms with van der Waals surface area (Å²) in [5.74, 6) is -0.697. The Kier molecular flexibility index (Phi) is 5.10. The topological polar surface area (TPSA) is 103 Å². The van der Waals surface area contributed by atoms with E-state index in [9.17, 15) is 14.4 Å². The zero-order chi connectivity index (χ0) is 19.7. The lowest BCUT2D eigenvalue weighted by molar-refractivity contribution is -0.143. The van der Waals surface area contributed by atoms with Gasteiger partial charge in [-0.3, -0.25) is 14.4 Å². The number of halogens is 1. The van der Waals surface area contributed by atoms with E-state index in [0.29, 0.717) is 21.6 Å². The van der Waals surface area contributed by atoms with Gasteiger partial charge >= 0.3 is 5.97 Å². The van der Waals surface area contributed by atoms with Crippen LogP contribution in [0.1, 0.15) is 39.8 Å². The number of nitrogens with one attached hydrogen (secondary N) is 1. The predicted octanol–water partition coefficient (Wildman–Crippen LogP) is 2.16. The number of aromatic nitrogens is 3. The Morgan fingerprint density at radius 1 is 1.32 bits per heavy atom. The molecule has 1 fully saturated rings. The lowest BCUT2D eigenvalue weighted by Crippen LogP contribution is -2.30. The summed E-state index contributed by atoms with van der Waals surface area (Å²) in [4.78, 5) is 40.9. The van der Waals surface area contributed by atoms with Gasteiger partial charge in [0.25, 0.3) is 11.5 Å². The zero-order valence-electron chi connectivity index (χ0n) is 14.6. The summed E-state index contributed by atoms with van der Waals surface area (Å²) in [5, 5.41) is 7.93. The average Bonchev–Trinajstić information content (AvgIpc) is 3.44. The van der Waals surface area contributed by atoms with Crippen LogP contribution in [0.15, 0.2) is 35.1 Å². The lowest BCUT2D eigenvalue weighted by Gasteiger charge is -2.07. The fourth-order valence-electron chi connectivity index (χ4n) is 2.54.